The smallest absolute Gasteiger partial charge is 0.173 e. The largest absolute Gasteiger partial charge is 0.409 e. The average molecular weight is 258 g/mol. The first kappa shape index (κ1) is 10.8. The minimum Gasteiger partial charge on any atom is -0.409 e. The quantitative estimate of drug-likeness (QED) is 0.366. The van der Waals surface area contributed by atoms with Crippen LogP contribution in [-0.2, 0) is 0 Å². The van der Waals surface area contributed by atoms with Crippen molar-refractivity contribution >= 4 is 27.5 Å². The van der Waals surface area contributed by atoms with Crippen LogP contribution in [0, 0.1) is 0 Å². The molecular formula is C9H12BrN3O. The molecule has 0 aliphatic heterocycles. The van der Waals surface area contributed by atoms with Crippen molar-refractivity contribution in [2.45, 2.75) is 0 Å². The lowest BCUT2D eigenvalue weighted by Crippen LogP contribution is -2.20. The zero-order chi connectivity index (χ0) is 10.7. The van der Waals surface area contributed by atoms with Crippen LogP contribution in [-0.4, -0.2) is 25.1 Å². The molecule has 0 radical (unpaired) electrons. The molecule has 0 unspecified atom stereocenters. The molecule has 0 atom stereocenters. The van der Waals surface area contributed by atoms with Crippen LogP contribution in [0.4, 0.5) is 5.69 Å². The fourth-order valence-corrected chi connectivity index (χ4v) is 1.75. The first-order chi connectivity index (χ1) is 6.57. The maximum absolute atomic E-state index is 8.64. The van der Waals surface area contributed by atoms with E-state index in [4.69, 9.17) is 10.9 Å². The van der Waals surface area contributed by atoms with Gasteiger partial charge in [0.2, 0.25) is 0 Å². The molecule has 3 N–H and O–H groups in total. The summed E-state index contributed by atoms with van der Waals surface area (Å²) >= 11 is 3.36. The molecule has 0 heterocycles. The van der Waals surface area contributed by atoms with Gasteiger partial charge in [0, 0.05) is 24.3 Å². The van der Waals surface area contributed by atoms with Gasteiger partial charge < -0.3 is 15.8 Å². The van der Waals surface area contributed by atoms with E-state index < -0.39 is 0 Å². The molecule has 0 aliphatic rings. The first-order valence-electron chi connectivity index (χ1n) is 4.01. The topological polar surface area (TPSA) is 61.8 Å². The summed E-state index contributed by atoms with van der Waals surface area (Å²) in [5, 5.41) is 11.6. The van der Waals surface area contributed by atoms with Crippen LogP contribution in [0.25, 0.3) is 0 Å². The van der Waals surface area contributed by atoms with Crippen LogP contribution < -0.4 is 10.6 Å². The Kier molecular flexibility index (Phi) is 3.35. The third kappa shape index (κ3) is 1.98. The van der Waals surface area contributed by atoms with Gasteiger partial charge in [-0.2, -0.15) is 0 Å². The van der Waals surface area contributed by atoms with Gasteiger partial charge in [-0.1, -0.05) is 11.2 Å². The van der Waals surface area contributed by atoms with E-state index in [-0.39, 0.29) is 5.84 Å². The van der Waals surface area contributed by atoms with Crippen molar-refractivity contribution in [2.24, 2.45) is 10.9 Å². The van der Waals surface area contributed by atoms with Gasteiger partial charge in [0.25, 0.3) is 0 Å². The number of anilines is 1. The molecule has 0 saturated carbocycles. The Bertz CT molecular complexity index is 363. The molecule has 1 rings (SSSR count). The highest BCUT2D eigenvalue weighted by atomic mass is 79.9. The number of nitrogens with zero attached hydrogens (tertiary/aromatic N) is 2. The van der Waals surface area contributed by atoms with Crippen LogP contribution in [0.5, 0.6) is 0 Å². The molecule has 4 nitrogen and oxygen atoms in total. The Labute approximate surface area is 91.1 Å². The van der Waals surface area contributed by atoms with E-state index in [2.05, 4.69) is 21.1 Å². The van der Waals surface area contributed by atoms with E-state index in [1.54, 1.807) is 0 Å². The molecule has 0 fully saturated rings. The highest BCUT2D eigenvalue weighted by molar-refractivity contribution is 9.10. The van der Waals surface area contributed by atoms with Crippen molar-refractivity contribution < 1.29 is 5.21 Å². The lowest BCUT2D eigenvalue weighted by molar-refractivity contribution is 0.318. The third-order valence-corrected chi connectivity index (χ3v) is 2.50. The second kappa shape index (κ2) is 4.32. The summed E-state index contributed by atoms with van der Waals surface area (Å²) < 4.78 is 0.805. The van der Waals surface area contributed by atoms with E-state index in [9.17, 15) is 0 Å². The van der Waals surface area contributed by atoms with Crippen LogP contribution in [0.2, 0.25) is 0 Å². The predicted molar refractivity (Wildman–Crippen MR) is 61.0 cm³/mol. The molecule has 0 aromatic heterocycles. The highest BCUT2D eigenvalue weighted by Gasteiger charge is 2.11. The van der Waals surface area contributed by atoms with Crippen molar-refractivity contribution in [3.05, 3.63) is 28.2 Å². The van der Waals surface area contributed by atoms with Gasteiger partial charge in [-0.25, -0.2) is 0 Å². The van der Waals surface area contributed by atoms with Gasteiger partial charge in [-0.3, -0.25) is 0 Å². The summed E-state index contributed by atoms with van der Waals surface area (Å²) in [6.45, 7) is 0. The summed E-state index contributed by atoms with van der Waals surface area (Å²) in [5.41, 5.74) is 7.17. The number of hydrogen-bond donors (Lipinski definition) is 2. The Hall–Kier alpha value is -1.23. The maximum atomic E-state index is 8.64. The van der Waals surface area contributed by atoms with Crippen molar-refractivity contribution in [2.75, 3.05) is 19.0 Å². The molecule has 0 amide bonds. The standard InChI is InChI=1S/C9H12BrN3O/c1-13(2)7-5-3-4-6(10)8(7)9(11)12-14/h3-5,14H,1-2H3,(H2,11,12). The van der Waals surface area contributed by atoms with Crippen LogP contribution in [0.15, 0.2) is 27.8 Å². The van der Waals surface area contributed by atoms with Gasteiger partial charge >= 0.3 is 0 Å². The van der Waals surface area contributed by atoms with Gasteiger partial charge in [0.05, 0.1) is 5.56 Å². The van der Waals surface area contributed by atoms with E-state index in [0.717, 1.165) is 10.2 Å². The highest BCUT2D eigenvalue weighted by Crippen LogP contribution is 2.26. The maximum Gasteiger partial charge on any atom is 0.173 e. The lowest BCUT2D eigenvalue weighted by atomic mass is 10.1. The summed E-state index contributed by atoms with van der Waals surface area (Å²) in [7, 11) is 3.80. The van der Waals surface area contributed by atoms with Gasteiger partial charge in [-0.15, -0.1) is 0 Å². The monoisotopic (exact) mass is 257 g/mol. The van der Waals surface area contributed by atoms with E-state index in [0.29, 0.717) is 5.56 Å². The van der Waals surface area contributed by atoms with Crippen molar-refractivity contribution in [3.63, 3.8) is 0 Å². The predicted octanol–water partition coefficient (Wildman–Crippen LogP) is 1.61. The molecule has 1 aromatic rings. The second-order valence-electron chi connectivity index (χ2n) is 3.01. The molecule has 0 bridgehead atoms. The van der Waals surface area contributed by atoms with Gasteiger partial charge in [0.1, 0.15) is 0 Å². The fraction of sp³-hybridized carbons (Fsp3) is 0.222. The van der Waals surface area contributed by atoms with Crippen LogP contribution in [0.1, 0.15) is 5.56 Å². The summed E-state index contributed by atoms with van der Waals surface area (Å²) in [6, 6.07) is 5.64. The minimum atomic E-state index is 0.0983. The second-order valence-corrected chi connectivity index (χ2v) is 3.87. The van der Waals surface area contributed by atoms with Crippen molar-refractivity contribution in [1.82, 2.24) is 0 Å². The fourth-order valence-electron chi connectivity index (χ4n) is 1.19. The van der Waals surface area contributed by atoms with Crippen molar-refractivity contribution in [3.8, 4) is 0 Å². The summed E-state index contributed by atoms with van der Waals surface area (Å²) in [6.07, 6.45) is 0. The van der Waals surface area contributed by atoms with E-state index >= 15 is 0 Å². The zero-order valence-electron chi connectivity index (χ0n) is 8.03. The van der Waals surface area contributed by atoms with Gasteiger partial charge in [-0.05, 0) is 28.1 Å². The van der Waals surface area contributed by atoms with Gasteiger partial charge in [0.15, 0.2) is 5.84 Å². The third-order valence-electron chi connectivity index (χ3n) is 1.84. The average Bonchev–Trinajstić information content (AvgIpc) is 2.16. The Morgan fingerprint density at radius 3 is 2.64 bits per heavy atom. The number of halogens is 1. The molecule has 14 heavy (non-hydrogen) atoms. The molecule has 0 spiro atoms. The molecular weight excluding hydrogens is 246 g/mol. The minimum absolute atomic E-state index is 0.0983. The molecule has 5 heteroatoms. The van der Waals surface area contributed by atoms with E-state index in [1.807, 2.05) is 37.2 Å². The number of benzene rings is 1. The Morgan fingerprint density at radius 2 is 2.14 bits per heavy atom. The zero-order valence-corrected chi connectivity index (χ0v) is 9.62. The lowest BCUT2D eigenvalue weighted by Gasteiger charge is -2.17. The Morgan fingerprint density at radius 1 is 1.50 bits per heavy atom. The van der Waals surface area contributed by atoms with Crippen LogP contribution in [0.3, 0.4) is 0 Å². The summed E-state index contributed by atoms with van der Waals surface area (Å²) in [4.78, 5) is 1.90. The first-order valence-corrected chi connectivity index (χ1v) is 4.81. The molecule has 0 saturated heterocycles. The molecule has 1 aromatic carbocycles. The van der Waals surface area contributed by atoms with Crippen molar-refractivity contribution in [1.29, 1.82) is 0 Å². The number of amidine groups is 1. The van der Waals surface area contributed by atoms with Crippen LogP contribution >= 0.6 is 15.9 Å². The molecule has 0 aliphatic carbocycles. The van der Waals surface area contributed by atoms with E-state index in [1.165, 1.54) is 0 Å². The SMILES string of the molecule is CN(C)c1cccc(Br)c1/C(N)=N/O. The Balaban J connectivity index is 3.37. The summed E-state index contributed by atoms with van der Waals surface area (Å²) in [5.74, 6) is 0.0983. The molecule has 76 valence electrons. The number of nitrogens with two attached hydrogens (primary N) is 1. The normalized spacial score (nSPS) is 11.5. The number of hydrogen-bond acceptors (Lipinski definition) is 3. The number of rotatable bonds is 2. The number of oxime groups is 1.